The number of nitrogens with zero attached hydrogens (tertiary/aromatic N) is 1. The van der Waals surface area contributed by atoms with E-state index in [1.54, 1.807) is 0 Å². The molecule has 1 fully saturated rings. The van der Waals surface area contributed by atoms with Crippen molar-refractivity contribution in [3.05, 3.63) is 34.3 Å². The van der Waals surface area contributed by atoms with Crippen LogP contribution in [-0.4, -0.2) is 0 Å². The first kappa shape index (κ1) is 13.6. The monoisotopic (exact) mass is 305 g/mol. The van der Waals surface area contributed by atoms with Gasteiger partial charge in [0, 0.05) is 4.47 Å². The van der Waals surface area contributed by atoms with E-state index in [0.717, 1.165) is 22.9 Å². The zero-order chi connectivity index (χ0) is 13.2. The molecule has 0 amide bonds. The molecule has 1 aromatic rings. The van der Waals surface area contributed by atoms with E-state index in [-0.39, 0.29) is 5.41 Å². The van der Waals surface area contributed by atoms with Gasteiger partial charge in [-0.1, -0.05) is 41.4 Å². The fourth-order valence-corrected chi connectivity index (χ4v) is 2.83. The lowest BCUT2D eigenvalue weighted by atomic mass is 9.79. The van der Waals surface area contributed by atoms with E-state index in [1.165, 1.54) is 19.3 Å². The van der Waals surface area contributed by atoms with Crippen LogP contribution >= 0.6 is 15.9 Å². The number of halogens is 1. The van der Waals surface area contributed by atoms with Crippen LogP contribution in [-0.2, 0) is 5.41 Å². The van der Waals surface area contributed by atoms with Crippen molar-refractivity contribution in [2.24, 2.45) is 5.41 Å². The predicted octanol–water partition coefficient (Wildman–Crippen LogP) is 5.20. The minimum atomic E-state index is -0.352. The summed E-state index contributed by atoms with van der Waals surface area (Å²) in [6.07, 6.45) is 6.10. The van der Waals surface area contributed by atoms with Crippen molar-refractivity contribution in [3.63, 3.8) is 0 Å². The number of nitriles is 1. The SMILES string of the molecule is CC1(CCCC(C)(C#N)c2cccc(Br)c2)CC1. The third-order valence-corrected chi connectivity index (χ3v) is 4.76. The van der Waals surface area contributed by atoms with Crippen LogP contribution in [0.5, 0.6) is 0 Å². The average molecular weight is 306 g/mol. The van der Waals surface area contributed by atoms with E-state index < -0.39 is 0 Å². The lowest BCUT2D eigenvalue weighted by Crippen LogP contribution is -2.19. The van der Waals surface area contributed by atoms with Crippen molar-refractivity contribution in [2.45, 2.75) is 51.4 Å². The minimum absolute atomic E-state index is 0.352. The maximum absolute atomic E-state index is 9.51. The van der Waals surface area contributed by atoms with E-state index in [1.807, 2.05) is 12.1 Å². The van der Waals surface area contributed by atoms with Gasteiger partial charge in [-0.2, -0.15) is 5.26 Å². The molecule has 0 radical (unpaired) electrons. The van der Waals surface area contributed by atoms with Gasteiger partial charge in [0.2, 0.25) is 0 Å². The largest absolute Gasteiger partial charge is 0.197 e. The Bertz CT molecular complexity index is 470. The topological polar surface area (TPSA) is 23.8 Å². The molecule has 0 spiro atoms. The first-order valence-electron chi connectivity index (χ1n) is 6.65. The lowest BCUT2D eigenvalue weighted by Gasteiger charge is -2.23. The lowest BCUT2D eigenvalue weighted by molar-refractivity contribution is 0.435. The van der Waals surface area contributed by atoms with Crippen molar-refractivity contribution < 1.29 is 0 Å². The summed E-state index contributed by atoms with van der Waals surface area (Å²) < 4.78 is 1.05. The van der Waals surface area contributed by atoms with Crippen molar-refractivity contribution in [2.75, 3.05) is 0 Å². The van der Waals surface area contributed by atoms with E-state index in [4.69, 9.17) is 0 Å². The first-order valence-corrected chi connectivity index (χ1v) is 7.44. The molecular weight excluding hydrogens is 286 g/mol. The van der Waals surface area contributed by atoms with Crippen LogP contribution in [0.4, 0.5) is 0 Å². The van der Waals surface area contributed by atoms with E-state index in [2.05, 4.69) is 48.0 Å². The molecule has 2 rings (SSSR count). The standard InChI is InChI=1S/C16H20BrN/c1-15(9-10-15)7-4-8-16(2,12-18)13-5-3-6-14(17)11-13/h3,5-6,11H,4,7-10H2,1-2H3. The van der Waals surface area contributed by atoms with Crippen molar-refractivity contribution in [1.29, 1.82) is 5.26 Å². The Morgan fingerprint density at radius 1 is 1.44 bits per heavy atom. The summed E-state index contributed by atoms with van der Waals surface area (Å²) >= 11 is 3.48. The molecule has 0 aromatic heterocycles. The average Bonchev–Trinajstić information content (AvgIpc) is 3.07. The summed E-state index contributed by atoms with van der Waals surface area (Å²) in [5, 5.41) is 9.51. The van der Waals surface area contributed by atoms with Gasteiger partial charge in [0.15, 0.2) is 0 Å². The highest BCUT2D eigenvalue weighted by atomic mass is 79.9. The van der Waals surface area contributed by atoms with Gasteiger partial charge in [0.1, 0.15) is 0 Å². The molecule has 0 bridgehead atoms. The maximum atomic E-state index is 9.51. The molecule has 1 saturated carbocycles. The zero-order valence-electron chi connectivity index (χ0n) is 11.2. The van der Waals surface area contributed by atoms with Crippen LogP contribution in [0.25, 0.3) is 0 Å². The number of rotatable bonds is 5. The van der Waals surface area contributed by atoms with Gasteiger partial charge in [-0.05, 0) is 55.7 Å². The minimum Gasteiger partial charge on any atom is -0.197 e. The van der Waals surface area contributed by atoms with Crippen LogP contribution in [0.15, 0.2) is 28.7 Å². The predicted molar refractivity (Wildman–Crippen MR) is 78.3 cm³/mol. The van der Waals surface area contributed by atoms with Crippen LogP contribution in [0.1, 0.15) is 51.5 Å². The molecule has 1 atom stereocenters. The Morgan fingerprint density at radius 3 is 2.72 bits per heavy atom. The summed E-state index contributed by atoms with van der Waals surface area (Å²) in [6, 6.07) is 10.7. The van der Waals surface area contributed by atoms with Gasteiger partial charge < -0.3 is 0 Å². The van der Waals surface area contributed by atoms with Gasteiger partial charge in [-0.15, -0.1) is 0 Å². The molecule has 96 valence electrons. The van der Waals surface area contributed by atoms with Crippen LogP contribution in [0.3, 0.4) is 0 Å². The second-order valence-corrected chi connectivity index (χ2v) is 7.03. The van der Waals surface area contributed by atoms with E-state index >= 15 is 0 Å². The second-order valence-electron chi connectivity index (χ2n) is 6.12. The summed E-state index contributed by atoms with van der Waals surface area (Å²) in [7, 11) is 0. The van der Waals surface area contributed by atoms with E-state index in [9.17, 15) is 5.26 Å². The van der Waals surface area contributed by atoms with Crippen molar-refractivity contribution >= 4 is 15.9 Å². The number of hydrogen-bond acceptors (Lipinski definition) is 1. The summed E-state index contributed by atoms with van der Waals surface area (Å²) in [6.45, 7) is 4.42. The summed E-state index contributed by atoms with van der Waals surface area (Å²) in [5.74, 6) is 0. The molecule has 0 saturated heterocycles. The first-order chi connectivity index (χ1) is 8.47. The molecule has 0 aliphatic heterocycles. The molecular formula is C16H20BrN. The van der Waals surface area contributed by atoms with Gasteiger partial charge in [-0.25, -0.2) is 0 Å². The third kappa shape index (κ3) is 3.14. The highest BCUT2D eigenvalue weighted by Gasteiger charge is 2.37. The van der Waals surface area contributed by atoms with Gasteiger partial charge >= 0.3 is 0 Å². The van der Waals surface area contributed by atoms with Crippen molar-refractivity contribution in [3.8, 4) is 6.07 Å². The van der Waals surface area contributed by atoms with Crippen LogP contribution < -0.4 is 0 Å². The van der Waals surface area contributed by atoms with Crippen LogP contribution in [0.2, 0.25) is 0 Å². The molecule has 1 nitrogen and oxygen atoms in total. The second kappa shape index (κ2) is 5.05. The fourth-order valence-electron chi connectivity index (χ4n) is 2.43. The smallest absolute Gasteiger partial charge is 0.0794 e. The highest BCUT2D eigenvalue weighted by molar-refractivity contribution is 9.10. The Morgan fingerprint density at radius 2 is 2.17 bits per heavy atom. The molecule has 1 aliphatic carbocycles. The fraction of sp³-hybridized carbons (Fsp3) is 0.562. The van der Waals surface area contributed by atoms with Gasteiger partial charge in [0.05, 0.1) is 11.5 Å². The number of benzene rings is 1. The summed E-state index contributed by atoms with van der Waals surface area (Å²) in [4.78, 5) is 0. The van der Waals surface area contributed by atoms with Crippen LogP contribution in [0, 0.1) is 16.7 Å². The number of hydrogen-bond donors (Lipinski definition) is 0. The quantitative estimate of drug-likeness (QED) is 0.733. The maximum Gasteiger partial charge on any atom is 0.0794 e. The molecule has 1 aromatic carbocycles. The third-order valence-electron chi connectivity index (χ3n) is 4.27. The molecule has 1 unspecified atom stereocenters. The van der Waals surface area contributed by atoms with Gasteiger partial charge in [0.25, 0.3) is 0 Å². The molecule has 0 N–H and O–H groups in total. The zero-order valence-corrected chi connectivity index (χ0v) is 12.8. The highest BCUT2D eigenvalue weighted by Crippen LogP contribution is 2.49. The Labute approximate surface area is 118 Å². The molecule has 2 heteroatoms. The van der Waals surface area contributed by atoms with E-state index in [0.29, 0.717) is 5.41 Å². The Kier molecular flexibility index (Phi) is 3.82. The normalized spacial score (nSPS) is 19.9. The van der Waals surface area contributed by atoms with Gasteiger partial charge in [-0.3, -0.25) is 0 Å². The Hall–Kier alpha value is -0.810. The molecule has 1 aliphatic rings. The van der Waals surface area contributed by atoms with Crippen molar-refractivity contribution in [1.82, 2.24) is 0 Å². The molecule has 0 heterocycles. The molecule has 18 heavy (non-hydrogen) atoms. The summed E-state index contributed by atoms with van der Waals surface area (Å²) in [5.41, 5.74) is 1.36. The Balaban J connectivity index is 2.03.